The summed E-state index contributed by atoms with van der Waals surface area (Å²) in [4.78, 5) is 0. The van der Waals surface area contributed by atoms with Crippen LogP contribution in [0.15, 0.2) is 36.4 Å². The number of aliphatic hydroxyl groups excluding tert-OH is 1. The molecule has 0 fully saturated rings. The Morgan fingerprint density at radius 3 is 2.38 bits per heavy atom. The highest BCUT2D eigenvalue weighted by molar-refractivity contribution is 6.42. The van der Waals surface area contributed by atoms with Gasteiger partial charge in [-0.1, -0.05) is 42.3 Å². The minimum Gasteiger partial charge on any atom is -0.490 e. The Morgan fingerprint density at radius 2 is 1.73 bits per heavy atom. The molecule has 0 amide bonds. The quantitative estimate of drug-likeness (QED) is 0.602. The van der Waals surface area contributed by atoms with E-state index in [0.717, 1.165) is 17.5 Å². The summed E-state index contributed by atoms with van der Waals surface area (Å²) >= 11 is 12.0. The number of hydrogen-bond donors (Lipinski definition) is 2. The van der Waals surface area contributed by atoms with E-state index >= 15 is 0 Å². The number of hydrogen-bond acceptors (Lipinski definition) is 4. The number of benzene rings is 2. The minimum absolute atomic E-state index is 0.0936. The predicted octanol–water partition coefficient (Wildman–Crippen LogP) is 4.83. The SMILES string of the molecule is CCOc1cc(CN[C@@H](CC)CO)ccc1OCc1ccc(Cl)c(Cl)c1. The Labute approximate surface area is 165 Å². The van der Waals surface area contributed by atoms with Crippen LogP contribution in [0.3, 0.4) is 0 Å². The molecule has 0 saturated heterocycles. The highest BCUT2D eigenvalue weighted by Gasteiger charge is 2.09. The van der Waals surface area contributed by atoms with E-state index in [0.29, 0.717) is 41.3 Å². The van der Waals surface area contributed by atoms with E-state index < -0.39 is 0 Å². The molecule has 0 heterocycles. The highest BCUT2D eigenvalue weighted by Crippen LogP contribution is 2.30. The van der Waals surface area contributed by atoms with Crippen LogP contribution in [0.25, 0.3) is 0 Å². The number of nitrogens with one attached hydrogen (secondary N) is 1. The fraction of sp³-hybridized carbons (Fsp3) is 0.400. The number of halogens is 2. The van der Waals surface area contributed by atoms with Crippen LogP contribution >= 0.6 is 23.2 Å². The van der Waals surface area contributed by atoms with Crippen LogP contribution in [0, 0.1) is 0 Å². The van der Waals surface area contributed by atoms with Gasteiger partial charge in [0.25, 0.3) is 0 Å². The van der Waals surface area contributed by atoms with E-state index in [4.69, 9.17) is 32.7 Å². The normalized spacial score (nSPS) is 12.0. The second kappa shape index (κ2) is 10.6. The van der Waals surface area contributed by atoms with Crippen molar-refractivity contribution in [3.63, 3.8) is 0 Å². The Balaban J connectivity index is 2.06. The molecule has 6 heteroatoms. The van der Waals surface area contributed by atoms with Gasteiger partial charge in [-0.05, 0) is 48.7 Å². The zero-order chi connectivity index (χ0) is 18.9. The van der Waals surface area contributed by atoms with Gasteiger partial charge in [-0.25, -0.2) is 0 Å². The average Bonchev–Trinajstić information content (AvgIpc) is 2.65. The topological polar surface area (TPSA) is 50.7 Å². The maximum absolute atomic E-state index is 9.28. The van der Waals surface area contributed by atoms with Crippen LogP contribution in [0.4, 0.5) is 0 Å². The van der Waals surface area contributed by atoms with Gasteiger partial charge in [-0.3, -0.25) is 0 Å². The standard InChI is InChI=1S/C20H25Cl2NO3/c1-3-16(12-24)23-11-14-6-8-19(20(10-14)25-4-2)26-13-15-5-7-17(21)18(22)9-15/h5-10,16,23-24H,3-4,11-13H2,1-2H3/t16-/m0/s1. The molecule has 2 aromatic carbocycles. The van der Waals surface area contributed by atoms with Crippen LogP contribution in [0.1, 0.15) is 31.4 Å². The maximum Gasteiger partial charge on any atom is 0.161 e. The number of aliphatic hydroxyl groups is 1. The van der Waals surface area contributed by atoms with Crippen molar-refractivity contribution < 1.29 is 14.6 Å². The zero-order valence-corrected chi connectivity index (χ0v) is 16.6. The fourth-order valence-corrected chi connectivity index (χ4v) is 2.76. The molecule has 0 aliphatic carbocycles. The summed E-state index contributed by atoms with van der Waals surface area (Å²) in [5.41, 5.74) is 2.00. The molecule has 26 heavy (non-hydrogen) atoms. The van der Waals surface area contributed by atoms with E-state index in [9.17, 15) is 5.11 Å². The summed E-state index contributed by atoms with van der Waals surface area (Å²) in [7, 11) is 0. The summed E-state index contributed by atoms with van der Waals surface area (Å²) in [5, 5.41) is 13.6. The Morgan fingerprint density at radius 1 is 0.962 bits per heavy atom. The van der Waals surface area contributed by atoms with Gasteiger partial charge >= 0.3 is 0 Å². The van der Waals surface area contributed by atoms with Gasteiger partial charge < -0.3 is 19.9 Å². The first-order valence-electron chi connectivity index (χ1n) is 8.74. The van der Waals surface area contributed by atoms with Crippen molar-refractivity contribution in [3.05, 3.63) is 57.6 Å². The first kappa shape index (κ1) is 20.8. The van der Waals surface area contributed by atoms with Crippen LogP contribution in [0.2, 0.25) is 10.0 Å². The van der Waals surface area contributed by atoms with Gasteiger partial charge in [0.1, 0.15) is 6.61 Å². The third-order valence-electron chi connectivity index (χ3n) is 3.99. The molecule has 2 N–H and O–H groups in total. The van der Waals surface area contributed by atoms with Crippen molar-refractivity contribution in [2.75, 3.05) is 13.2 Å². The second-order valence-electron chi connectivity index (χ2n) is 5.92. The van der Waals surface area contributed by atoms with E-state index in [1.165, 1.54) is 0 Å². The summed E-state index contributed by atoms with van der Waals surface area (Å²) < 4.78 is 11.6. The lowest BCUT2D eigenvalue weighted by atomic mass is 10.1. The molecule has 4 nitrogen and oxygen atoms in total. The number of rotatable bonds is 10. The molecule has 142 valence electrons. The third kappa shape index (κ3) is 6.06. The largest absolute Gasteiger partial charge is 0.490 e. The van der Waals surface area contributed by atoms with Crippen molar-refractivity contribution in [2.24, 2.45) is 0 Å². The van der Waals surface area contributed by atoms with Crippen LogP contribution in [-0.2, 0) is 13.2 Å². The summed E-state index contributed by atoms with van der Waals surface area (Å²) in [6, 6.07) is 11.4. The monoisotopic (exact) mass is 397 g/mol. The van der Waals surface area contributed by atoms with E-state index in [1.54, 1.807) is 12.1 Å². The lowest BCUT2D eigenvalue weighted by Crippen LogP contribution is -2.31. The molecule has 0 unspecified atom stereocenters. The summed E-state index contributed by atoms with van der Waals surface area (Å²) in [6.45, 7) is 5.68. The molecule has 0 aromatic heterocycles. The second-order valence-corrected chi connectivity index (χ2v) is 6.73. The lowest BCUT2D eigenvalue weighted by Gasteiger charge is -2.16. The van der Waals surface area contributed by atoms with Gasteiger partial charge in [0, 0.05) is 12.6 Å². The van der Waals surface area contributed by atoms with Gasteiger partial charge in [0.2, 0.25) is 0 Å². The van der Waals surface area contributed by atoms with Crippen molar-refractivity contribution >= 4 is 23.2 Å². The van der Waals surface area contributed by atoms with E-state index in [-0.39, 0.29) is 12.6 Å². The fourth-order valence-electron chi connectivity index (χ4n) is 2.44. The van der Waals surface area contributed by atoms with Gasteiger partial charge in [0.05, 0.1) is 23.3 Å². The molecule has 0 aliphatic heterocycles. The molecule has 2 rings (SSSR count). The van der Waals surface area contributed by atoms with Crippen LogP contribution in [0.5, 0.6) is 11.5 Å². The van der Waals surface area contributed by atoms with E-state index in [1.807, 2.05) is 38.1 Å². The first-order chi connectivity index (χ1) is 12.6. The predicted molar refractivity (Wildman–Crippen MR) is 106 cm³/mol. The molecule has 2 aromatic rings. The minimum atomic E-state index is 0.0936. The molecule has 1 atom stereocenters. The van der Waals surface area contributed by atoms with Crippen LogP contribution < -0.4 is 14.8 Å². The van der Waals surface area contributed by atoms with E-state index in [2.05, 4.69) is 5.32 Å². The Bertz CT molecular complexity index is 705. The van der Waals surface area contributed by atoms with Gasteiger partial charge in [-0.15, -0.1) is 0 Å². The first-order valence-corrected chi connectivity index (χ1v) is 9.49. The third-order valence-corrected chi connectivity index (χ3v) is 4.73. The molecule has 0 aliphatic rings. The maximum atomic E-state index is 9.28. The van der Waals surface area contributed by atoms with Crippen molar-refractivity contribution in [1.82, 2.24) is 5.32 Å². The molecule has 0 radical (unpaired) electrons. The highest BCUT2D eigenvalue weighted by atomic mass is 35.5. The summed E-state index contributed by atoms with van der Waals surface area (Å²) in [5.74, 6) is 1.37. The van der Waals surface area contributed by atoms with Crippen LogP contribution in [-0.4, -0.2) is 24.4 Å². The molecule has 0 bridgehead atoms. The molecule has 0 saturated carbocycles. The summed E-state index contributed by atoms with van der Waals surface area (Å²) in [6.07, 6.45) is 0.875. The molecule has 0 spiro atoms. The van der Waals surface area contributed by atoms with Gasteiger partial charge in [0.15, 0.2) is 11.5 Å². The smallest absolute Gasteiger partial charge is 0.161 e. The van der Waals surface area contributed by atoms with Crippen molar-refractivity contribution in [1.29, 1.82) is 0 Å². The Hall–Kier alpha value is -1.46. The van der Waals surface area contributed by atoms with Gasteiger partial charge in [-0.2, -0.15) is 0 Å². The van der Waals surface area contributed by atoms with Crippen molar-refractivity contribution in [2.45, 2.75) is 39.5 Å². The molecular weight excluding hydrogens is 373 g/mol. The molecular formula is C20H25Cl2NO3. The number of ether oxygens (including phenoxy) is 2. The Kier molecular flexibility index (Phi) is 8.52. The average molecular weight is 398 g/mol. The lowest BCUT2D eigenvalue weighted by molar-refractivity contribution is 0.238. The van der Waals surface area contributed by atoms with Crippen molar-refractivity contribution in [3.8, 4) is 11.5 Å². The zero-order valence-electron chi connectivity index (χ0n) is 15.1.